The van der Waals surface area contributed by atoms with E-state index in [1.54, 1.807) is 12.1 Å². The molecule has 2 heterocycles. The first-order chi connectivity index (χ1) is 16.1. The maximum atomic E-state index is 12.6. The first-order valence-corrected chi connectivity index (χ1v) is 13.4. The van der Waals surface area contributed by atoms with Gasteiger partial charge >= 0.3 is 0 Å². The number of hydrogen-bond acceptors (Lipinski definition) is 6. The molecule has 0 saturated heterocycles. The Kier molecular flexibility index (Phi) is 9.31. The highest BCUT2D eigenvalue weighted by Crippen LogP contribution is 2.46. The van der Waals surface area contributed by atoms with Gasteiger partial charge in [0.1, 0.15) is 11.4 Å². The largest absolute Gasteiger partial charge is 0.350 e. The number of aromatic nitrogens is 2. The molecule has 2 aromatic heterocycles. The summed E-state index contributed by atoms with van der Waals surface area (Å²) in [6.07, 6.45) is 0. The zero-order valence-electron chi connectivity index (χ0n) is 17.6. The molecule has 0 radical (unpaired) electrons. The van der Waals surface area contributed by atoms with E-state index in [9.17, 15) is 19.2 Å². The van der Waals surface area contributed by atoms with Crippen molar-refractivity contribution in [2.24, 2.45) is 35.1 Å². The zero-order chi connectivity index (χ0) is 25.2. The van der Waals surface area contributed by atoms with Crippen LogP contribution in [0.5, 0.6) is 0 Å². The Hall–Kier alpha value is -1.32. The summed E-state index contributed by atoms with van der Waals surface area (Å²) in [5.41, 5.74) is 11.8. The van der Waals surface area contributed by atoms with Gasteiger partial charge in [0.15, 0.2) is 11.6 Å². The molecule has 0 aliphatic heterocycles. The van der Waals surface area contributed by atoms with E-state index in [1.807, 2.05) is 0 Å². The summed E-state index contributed by atoms with van der Waals surface area (Å²) in [5.74, 6) is -3.47. The molecule has 1 aliphatic rings. The summed E-state index contributed by atoms with van der Waals surface area (Å²) in [5, 5.41) is 5.62. The van der Waals surface area contributed by atoms with Gasteiger partial charge in [0, 0.05) is 24.9 Å². The Morgan fingerprint density at radius 2 is 1.09 bits per heavy atom. The van der Waals surface area contributed by atoms with E-state index in [0.717, 1.165) is 0 Å². The molecule has 34 heavy (non-hydrogen) atoms. The van der Waals surface area contributed by atoms with Gasteiger partial charge < -0.3 is 32.1 Å². The Morgan fingerprint density at radius 1 is 0.735 bits per heavy atom. The summed E-state index contributed by atoms with van der Waals surface area (Å²) in [4.78, 5) is 56.2. The molecule has 2 aromatic rings. The molecular weight excluding hydrogens is 708 g/mol. The quantitative estimate of drug-likeness (QED) is 0.218. The van der Waals surface area contributed by atoms with Crippen molar-refractivity contribution in [1.82, 2.24) is 20.6 Å². The van der Waals surface area contributed by atoms with Crippen LogP contribution in [0.1, 0.15) is 21.0 Å². The monoisotopic (exact) mass is 726 g/mol. The van der Waals surface area contributed by atoms with Gasteiger partial charge in [-0.05, 0) is 87.7 Å². The van der Waals surface area contributed by atoms with Gasteiger partial charge in [-0.25, -0.2) is 0 Å². The maximum Gasteiger partial charge on any atom is 0.267 e. The maximum absolute atomic E-state index is 12.6. The number of Topliss-reactive ketones (excluding diaryl/α,β-unsaturated/α-hetero) is 2. The third-order valence-corrected chi connectivity index (χ3v) is 9.51. The molecule has 14 heteroatoms. The fourth-order valence-corrected chi connectivity index (χ4v) is 5.60. The number of ketones is 2. The van der Waals surface area contributed by atoms with Crippen molar-refractivity contribution >= 4 is 87.1 Å². The van der Waals surface area contributed by atoms with Gasteiger partial charge in [-0.1, -0.05) is 0 Å². The number of carbonyl (C=O) groups excluding carboxylic acids is 4. The second kappa shape index (κ2) is 11.6. The lowest BCUT2D eigenvalue weighted by Crippen LogP contribution is -2.62. The summed E-state index contributed by atoms with van der Waals surface area (Å²) in [6, 6.07) is 3.24. The van der Waals surface area contributed by atoms with E-state index in [0.29, 0.717) is 29.5 Å². The van der Waals surface area contributed by atoms with Crippen LogP contribution in [0.3, 0.4) is 0 Å². The smallest absolute Gasteiger partial charge is 0.267 e. The molecule has 0 aromatic carbocycles. The molecule has 1 fully saturated rings. The predicted octanol–water partition coefficient (Wildman–Crippen LogP) is 2.09. The number of rotatable bonds is 10. The molecule has 10 nitrogen and oxygen atoms in total. The van der Waals surface area contributed by atoms with Crippen LogP contribution in [0, 0.1) is 23.7 Å². The number of aromatic amines is 2. The van der Waals surface area contributed by atoms with Crippen molar-refractivity contribution in [2.45, 2.75) is 0 Å². The molecule has 2 amide bonds. The minimum absolute atomic E-state index is 0.123. The van der Waals surface area contributed by atoms with Gasteiger partial charge in [0.25, 0.3) is 11.8 Å². The van der Waals surface area contributed by atoms with Crippen molar-refractivity contribution in [1.29, 1.82) is 0 Å². The number of nitrogens with two attached hydrogens (primary N) is 2. The minimum Gasteiger partial charge on any atom is -0.350 e. The molecule has 184 valence electrons. The van der Waals surface area contributed by atoms with Gasteiger partial charge in [0.05, 0.1) is 31.2 Å². The molecule has 0 unspecified atom stereocenters. The van der Waals surface area contributed by atoms with E-state index < -0.39 is 23.7 Å². The molecule has 0 spiro atoms. The second-order valence-electron chi connectivity index (χ2n) is 7.83. The Balaban J connectivity index is 1.75. The molecule has 0 bridgehead atoms. The summed E-state index contributed by atoms with van der Waals surface area (Å²) >= 11 is 13.2. The number of amides is 2. The lowest BCUT2D eigenvalue weighted by molar-refractivity contribution is -0.149. The summed E-state index contributed by atoms with van der Waals surface area (Å²) < 4.78 is 2.62. The molecule has 1 aliphatic carbocycles. The van der Waals surface area contributed by atoms with E-state index in [2.05, 4.69) is 84.3 Å². The zero-order valence-corrected chi connectivity index (χ0v) is 23.9. The second-order valence-corrected chi connectivity index (χ2v) is 11.1. The van der Waals surface area contributed by atoms with Crippen molar-refractivity contribution < 1.29 is 19.2 Å². The number of hydrogen-bond donors (Lipinski definition) is 6. The Bertz CT molecular complexity index is 991. The van der Waals surface area contributed by atoms with Crippen LogP contribution < -0.4 is 22.1 Å². The molecular formula is C20H22Br4N6O4. The topological polar surface area (TPSA) is 176 Å². The number of nitrogens with one attached hydrogen (secondary N) is 4. The van der Waals surface area contributed by atoms with Crippen molar-refractivity contribution in [3.05, 3.63) is 41.7 Å². The highest BCUT2D eigenvalue weighted by Gasteiger charge is 2.55. The summed E-state index contributed by atoms with van der Waals surface area (Å²) in [7, 11) is 0. The summed E-state index contributed by atoms with van der Waals surface area (Å²) in [6.45, 7) is -0.219. The number of H-pyrrole nitrogens is 2. The van der Waals surface area contributed by atoms with Crippen LogP contribution in [0.15, 0.2) is 30.3 Å². The first-order valence-electron chi connectivity index (χ1n) is 10.2. The first kappa shape index (κ1) is 27.3. The average molecular weight is 730 g/mol. The SMILES string of the molecule is NCC(=O)[C@H]1[C@H](CNC(=O)c2cc(Br)c(Br)[nH]2)[C@@H](CNC(=O)c2cc(Br)c(Br)[nH]2)[C@@H]1C(=O)CN. The van der Waals surface area contributed by atoms with Crippen LogP contribution in [0.4, 0.5) is 0 Å². The van der Waals surface area contributed by atoms with Crippen LogP contribution in [-0.4, -0.2) is 59.5 Å². The third kappa shape index (κ3) is 5.73. The third-order valence-electron chi connectivity index (χ3n) is 5.94. The number of carbonyl (C=O) groups is 4. The fourth-order valence-electron chi connectivity index (χ4n) is 4.29. The minimum atomic E-state index is -0.681. The standard InChI is InChI=1S/C20H22Br4N6O4/c21-9-1-11(29-17(9)23)19(33)27-5-7-8(16(14(32)4-26)15(7)13(31)3-25)6-28-20(34)12-2-10(22)18(24)30-12/h1-2,7-8,15-16,29-30H,3-6,25-26H2,(H,27,33)(H,28,34)/t7-,8-,15-,16-/m1/s1. The van der Waals surface area contributed by atoms with Crippen LogP contribution in [0.25, 0.3) is 0 Å². The van der Waals surface area contributed by atoms with E-state index in [1.165, 1.54) is 0 Å². The molecule has 4 atom stereocenters. The van der Waals surface area contributed by atoms with Crippen molar-refractivity contribution in [3.63, 3.8) is 0 Å². The van der Waals surface area contributed by atoms with Crippen molar-refractivity contribution in [3.8, 4) is 0 Å². The van der Waals surface area contributed by atoms with Crippen molar-refractivity contribution in [2.75, 3.05) is 26.2 Å². The lowest BCUT2D eigenvalue weighted by atomic mass is 9.53. The normalized spacial score (nSPS) is 21.6. The van der Waals surface area contributed by atoms with Gasteiger partial charge in [-0.3, -0.25) is 19.2 Å². The lowest BCUT2D eigenvalue weighted by Gasteiger charge is -2.50. The molecule has 3 rings (SSSR count). The molecule has 8 N–H and O–H groups in total. The van der Waals surface area contributed by atoms with Gasteiger partial charge in [-0.15, -0.1) is 0 Å². The van der Waals surface area contributed by atoms with E-state index in [-0.39, 0.29) is 49.6 Å². The fraction of sp³-hybridized carbons (Fsp3) is 0.400. The number of halogens is 4. The predicted molar refractivity (Wildman–Crippen MR) is 139 cm³/mol. The molecule has 1 saturated carbocycles. The van der Waals surface area contributed by atoms with E-state index >= 15 is 0 Å². The average Bonchev–Trinajstić information content (AvgIpc) is 3.32. The Morgan fingerprint density at radius 3 is 1.35 bits per heavy atom. The highest BCUT2D eigenvalue weighted by atomic mass is 79.9. The van der Waals surface area contributed by atoms with Crippen LogP contribution in [-0.2, 0) is 9.59 Å². The highest BCUT2D eigenvalue weighted by molar-refractivity contribution is 9.13. The van der Waals surface area contributed by atoms with Gasteiger partial charge in [-0.2, -0.15) is 0 Å². The van der Waals surface area contributed by atoms with Gasteiger partial charge in [0.2, 0.25) is 0 Å². The Labute approximate surface area is 228 Å². The van der Waals surface area contributed by atoms with Crippen LogP contribution >= 0.6 is 63.7 Å². The van der Waals surface area contributed by atoms with Crippen LogP contribution in [0.2, 0.25) is 0 Å². The van der Waals surface area contributed by atoms with E-state index in [4.69, 9.17) is 11.5 Å².